The lowest BCUT2D eigenvalue weighted by Gasteiger charge is -2.31. The van der Waals surface area contributed by atoms with Gasteiger partial charge in [-0.15, -0.1) is 11.6 Å². The predicted octanol–water partition coefficient (Wildman–Crippen LogP) is 4.19. The number of amides is 1. The standard InChI is InChI=1S/C22H26ClNO3/c1-22(2)26-16-20(27-22)19(18-11-7-4-8-12-18)15-24(21(25)13-23)14-17-9-5-3-6-10-17/h3-12,19-20H,13-16H2,1-2H3/t19?,20-/m0/s1. The number of carbonyl (C=O) groups is 1. The Morgan fingerprint density at radius 1 is 1.15 bits per heavy atom. The van der Waals surface area contributed by atoms with E-state index in [4.69, 9.17) is 21.1 Å². The van der Waals surface area contributed by atoms with Gasteiger partial charge in [0.25, 0.3) is 0 Å². The number of nitrogens with zero attached hydrogens (tertiary/aromatic N) is 1. The lowest BCUT2D eigenvalue weighted by molar-refractivity contribution is -0.142. The van der Waals surface area contributed by atoms with E-state index in [2.05, 4.69) is 12.1 Å². The topological polar surface area (TPSA) is 38.8 Å². The molecule has 2 atom stereocenters. The summed E-state index contributed by atoms with van der Waals surface area (Å²) >= 11 is 5.90. The molecular formula is C22H26ClNO3. The van der Waals surface area contributed by atoms with Crippen molar-refractivity contribution in [2.75, 3.05) is 19.0 Å². The highest BCUT2D eigenvalue weighted by atomic mass is 35.5. The Morgan fingerprint density at radius 2 is 1.78 bits per heavy atom. The summed E-state index contributed by atoms with van der Waals surface area (Å²) in [5, 5.41) is 0. The van der Waals surface area contributed by atoms with Crippen molar-refractivity contribution < 1.29 is 14.3 Å². The van der Waals surface area contributed by atoms with Crippen molar-refractivity contribution in [2.24, 2.45) is 0 Å². The number of hydrogen-bond donors (Lipinski definition) is 0. The van der Waals surface area contributed by atoms with Crippen LogP contribution in [0.5, 0.6) is 0 Å². The molecule has 0 radical (unpaired) electrons. The highest BCUT2D eigenvalue weighted by Crippen LogP contribution is 2.33. The van der Waals surface area contributed by atoms with Crippen molar-refractivity contribution in [2.45, 2.75) is 38.2 Å². The average Bonchev–Trinajstić information content (AvgIpc) is 3.05. The Hall–Kier alpha value is -1.88. The van der Waals surface area contributed by atoms with E-state index in [0.717, 1.165) is 11.1 Å². The van der Waals surface area contributed by atoms with Crippen LogP contribution in [0.1, 0.15) is 30.9 Å². The molecule has 0 saturated carbocycles. The van der Waals surface area contributed by atoms with Crippen LogP contribution in [0.4, 0.5) is 0 Å². The SMILES string of the molecule is CC1(C)OC[C@@H](C(CN(Cc2ccccc2)C(=O)CCl)c2ccccc2)O1. The summed E-state index contributed by atoms with van der Waals surface area (Å²) in [6.45, 7) is 5.38. The normalized spacial score (nSPS) is 19.6. The largest absolute Gasteiger partial charge is 0.348 e. The molecule has 4 nitrogen and oxygen atoms in total. The molecule has 0 bridgehead atoms. The lowest BCUT2D eigenvalue weighted by Crippen LogP contribution is -2.39. The molecule has 1 fully saturated rings. The second-order valence-electron chi connectivity index (χ2n) is 7.28. The molecule has 1 aliphatic rings. The molecule has 1 unspecified atom stereocenters. The number of carbonyl (C=O) groups excluding carboxylic acids is 1. The lowest BCUT2D eigenvalue weighted by atomic mass is 9.92. The van der Waals surface area contributed by atoms with E-state index in [-0.39, 0.29) is 23.8 Å². The second kappa shape index (κ2) is 8.87. The van der Waals surface area contributed by atoms with E-state index in [9.17, 15) is 4.79 Å². The van der Waals surface area contributed by atoms with Gasteiger partial charge in [-0.3, -0.25) is 4.79 Å². The van der Waals surface area contributed by atoms with Gasteiger partial charge in [-0.05, 0) is 25.0 Å². The highest BCUT2D eigenvalue weighted by Gasteiger charge is 2.39. The quantitative estimate of drug-likeness (QED) is 0.668. The molecular weight excluding hydrogens is 362 g/mol. The first-order chi connectivity index (χ1) is 13.0. The summed E-state index contributed by atoms with van der Waals surface area (Å²) in [7, 11) is 0. The molecule has 0 aromatic heterocycles. The third-order valence-electron chi connectivity index (χ3n) is 4.81. The molecule has 27 heavy (non-hydrogen) atoms. The van der Waals surface area contributed by atoms with Crippen LogP contribution in [0.15, 0.2) is 60.7 Å². The highest BCUT2D eigenvalue weighted by molar-refractivity contribution is 6.27. The number of hydrogen-bond acceptors (Lipinski definition) is 3. The third kappa shape index (κ3) is 5.32. The summed E-state index contributed by atoms with van der Waals surface area (Å²) in [4.78, 5) is 14.4. The van der Waals surface area contributed by atoms with Crippen molar-refractivity contribution in [1.82, 2.24) is 4.90 Å². The van der Waals surface area contributed by atoms with Crippen LogP contribution >= 0.6 is 11.6 Å². The van der Waals surface area contributed by atoms with Crippen molar-refractivity contribution in [3.63, 3.8) is 0 Å². The molecule has 5 heteroatoms. The smallest absolute Gasteiger partial charge is 0.237 e. The zero-order valence-corrected chi connectivity index (χ0v) is 16.6. The third-order valence-corrected chi connectivity index (χ3v) is 5.04. The first-order valence-corrected chi connectivity index (χ1v) is 9.76. The molecule has 0 spiro atoms. The Kier molecular flexibility index (Phi) is 6.53. The van der Waals surface area contributed by atoms with Gasteiger partial charge in [-0.1, -0.05) is 60.7 Å². The van der Waals surface area contributed by atoms with Crippen LogP contribution in [0.25, 0.3) is 0 Å². The Bertz CT molecular complexity index is 736. The van der Waals surface area contributed by atoms with Crippen LogP contribution in [-0.4, -0.2) is 41.7 Å². The Labute approximate surface area is 166 Å². The molecule has 0 N–H and O–H groups in total. The summed E-state index contributed by atoms with van der Waals surface area (Å²) in [5.41, 5.74) is 2.20. The van der Waals surface area contributed by atoms with Crippen molar-refractivity contribution >= 4 is 17.5 Å². The summed E-state index contributed by atoms with van der Waals surface area (Å²) in [5.74, 6) is -0.733. The van der Waals surface area contributed by atoms with Crippen LogP contribution in [0.2, 0.25) is 0 Å². The minimum absolute atomic E-state index is 0.00357. The molecule has 1 aliphatic heterocycles. The van der Waals surface area contributed by atoms with Crippen LogP contribution in [0.3, 0.4) is 0 Å². The van der Waals surface area contributed by atoms with Crippen LogP contribution in [0, 0.1) is 0 Å². The number of benzene rings is 2. The zero-order chi connectivity index (χ0) is 19.3. The maximum Gasteiger partial charge on any atom is 0.237 e. The van der Waals surface area contributed by atoms with Gasteiger partial charge in [0, 0.05) is 19.0 Å². The monoisotopic (exact) mass is 387 g/mol. The maximum absolute atomic E-state index is 12.5. The van der Waals surface area contributed by atoms with Gasteiger partial charge in [0.2, 0.25) is 5.91 Å². The summed E-state index contributed by atoms with van der Waals surface area (Å²) in [6, 6.07) is 20.1. The number of halogens is 1. The Morgan fingerprint density at radius 3 is 2.33 bits per heavy atom. The summed E-state index contributed by atoms with van der Waals surface area (Å²) < 4.78 is 11.9. The Balaban J connectivity index is 1.84. The van der Waals surface area contributed by atoms with Crippen molar-refractivity contribution in [3.8, 4) is 0 Å². The number of ether oxygens (including phenoxy) is 2. The maximum atomic E-state index is 12.5. The molecule has 1 saturated heterocycles. The second-order valence-corrected chi connectivity index (χ2v) is 7.55. The van der Waals surface area contributed by atoms with Crippen molar-refractivity contribution in [1.29, 1.82) is 0 Å². The molecule has 2 aromatic carbocycles. The van der Waals surface area contributed by atoms with Gasteiger partial charge in [0.1, 0.15) is 5.88 Å². The van der Waals surface area contributed by atoms with Gasteiger partial charge in [0.15, 0.2) is 5.79 Å². The van der Waals surface area contributed by atoms with Gasteiger partial charge in [-0.25, -0.2) is 0 Å². The molecule has 0 aliphatic carbocycles. The fourth-order valence-corrected chi connectivity index (χ4v) is 3.60. The molecule has 1 heterocycles. The molecule has 2 aromatic rings. The van der Waals surface area contributed by atoms with Crippen molar-refractivity contribution in [3.05, 3.63) is 71.8 Å². The fraction of sp³-hybridized carbons (Fsp3) is 0.409. The number of alkyl halides is 1. The fourth-order valence-electron chi connectivity index (χ4n) is 3.43. The average molecular weight is 388 g/mol. The van der Waals surface area contributed by atoms with E-state index in [1.165, 1.54) is 0 Å². The van der Waals surface area contributed by atoms with E-state index in [1.54, 1.807) is 0 Å². The zero-order valence-electron chi connectivity index (χ0n) is 15.8. The van der Waals surface area contributed by atoms with Crippen LogP contribution < -0.4 is 0 Å². The number of rotatable bonds is 7. The summed E-state index contributed by atoms with van der Waals surface area (Å²) in [6.07, 6.45) is -0.121. The minimum Gasteiger partial charge on any atom is -0.348 e. The van der Waals surface area contributed by atoms with E-state index in [0.29, 0.717) is 19.7 Å². The molecule has 1 amide bonds. The van der Waals surface area contributed by atoms with E-state index < -0.39 is 5.79 Å². The minimum atomic E-state index is -0.613. The first-order valence-electron chi connectivity index (χ1n) is 9.23. The first kappa shape index (κ1) is 19.9. The molecule has 3 rings (SSSR count). The van der Waals surface area contributed by atoms with E-state index in [1.807, 2.05) is 67.3 Å². The predicted molar refractivity (Wildman–Crippen MR) is 107 cm³/mol. The van der Waals surface area contributed by atoms with Gasteiger partial charge in [0.05, 0.1) is 12.7 Å². The van der Waals surface area contributed by atoms with Crippen LogP contribution in [-0.2, 0) is 20.8 Å². The van der Waals surface area contributed by atoms with Gasteiger partial charge >= 0.3 is 0 Å². The molecule has 144 valence electrons. The van der Waals surface area contributed by atoms with Gasteiger partial charge in [-0.2, -0.15) is 0 Å². The van der Waals surface area contributed by atoms with Gasteiger partial charge < -0.3 is 14.4 Å². The van der Waals surface area contributed by atoms with E-state index >= 15 is 0 Å².